The van der Waals surface area contributed by atoms with Crippen LogP contribution >= 0.6 is 15.9 Å². The van der Waals surface area contributed by atoms with E-state index in [0.717, 1.165) is 11.1 Å². The molecule has 1 amide bonds. The van der Waals surface area contributed by atoms with Crippen LogP contribution in [0.3, 0.4) is 0 Å². The van der Waals surface area contributed by atoms with E-state index in [0.29, 0.717) is 32.9 Å². The molecule has 0 heterocycles. The summed E-state index contributed by atoms with van der Waals surface area (Å²) in [6.45, 7) is 2.02. The van der Waals surface area contributed by atoms with E-state index in [1.54, 1.807) is 73.8 Å². The zero-order chi connectivity index (χ0) is 27.3. The van der Waals surface area contributed by atoms with Crippen molar-refractivity contribution in [2.45, 2.75) is 18.4 Å². The second-order valence-electron chi connectivity index (χ2n) is 8.52. The fraction of sp³-hybridized carbons (Fsp3) is 0.138. The Balaban J connectivity index is 1.59. The van der Waals surface area contributed by atoms with E-state index in [2.05, 4.69) is 21.2 Å². The molecule has 0 aliphatic heterocycles. The maximum Gasteiger partial charge on any atom is 0.264 e. The minimum absolute atomic E-state index is 0.0788. The zero-order valence-electron chi connectivity index (χ0n) is 21.1. The Bertz CT molecular complexity index is 1520. The molecule has 7 nitrogen and oxygen atoms in total. The van der Waals surface area contributed by atoms with Crippen LogP contribution in [0.5, 0.6) is 11.5 Å². The number of carbonyl (C=O) groups is 1. The number of methoxy groups -OCH3 is 2. The van der Waals surface area contributed by atoms with Gasteiger partial charge in [-0.05, 0) is 95.1 Å². The van der Waals surface area contributed by atoms with E-state index in [9.17, 15) is 13.2 Å². The summed E-state index contributed by atoms with van der Waals surface area (Å²) >= 11 is 3.38. The number of halogens is 1. The first-order valence-corrected chi connectivity index (χ1v) is 13.9. The van der Waals surface area contributed by atoms with Gasteiger partial charge in [-0.25, -0.2) is 8.42 Å². The third-order valence-corrected chi connectivity index (χ3v) is 8.31. The maximum atomic E-state index is 13.8. The number of benzene rings is 4. The third kappa shape index (κ3) is 6.17. The predicted octanol–water partition coefficient (Wildman–Crippen LogP) is 6.42. The second-order valence-corrected chi connectivity index (χ2v) is 11.2. The number of anilines is 2. The molecule has 9 heteroatoms. The molecular formula is C29H27BrN2O5S. The number of sulfonamides is 1. The highest BCUT2D eigenvalue weighted by Gasteiger charge is 2.26. The number of rotatable bonds is 9. The molecule has 4 aromatic rings. The van der Waals surface area contributed by atoms with Gasteiger partial charge < -0.3 is 14.8 Å². The summed E-state index contributed by atoms with van der Waals surface area (Å²) in [5, 5.41) is 2.85. The minimum Gasteiger partial charge on any atom is -0.497 e. The van der Waals surface area contributed by atoms with Gasteiger partial charge in [0.1, 0.15) is 11.5 Å². The molecule has 4 aromatic carbocycles. The molecule has 38 heavy (non-hydrogen) atoms. The van der Waals surface area contributed by atoms with Crippen molar-refractivity contribution in [2.75, 3.05) is 23.8 Å². The van der Waals surface area contributed by atoms with Crippen molar-refractivity contribution in [2.24, 2.45) is 0 Å². The maximum absolute atomic E-state index is 13.8. The first-order chi connectivity index (χ1) is 18.2. The van der Waals surface area contributed by atoms with Crippen LogP contribution in [-0.4, -0.2) is 28.5 Å². The fourth-order valence-electron chi connectivity index (χ4n) is 3.77. The summed E-state index contributed by atoms with van der Waals surface area (Å²) in [6.07, 6.45) is 0. The smallest absolute Gasteiger partial charge is 0.264 e. The van der Waals surface area contributed by atoms with Crippen LogP contribution in [0.2, 0.25) is 0 Å². The normalized spacial score (nSPS) is 11.1. The first kappa shape index (κ1) is 27.2. The minimum atomic E-state index is -3.93. The van der Waals surface area contributed by atoms with Crippen LogP contribution < -0.4 is 19.1 Å². The highest BCUT2D eigenvalue weighted by molar-refractivity contribution is 9.10. The number of nitrogens with one attached hydrogen (secondary N) is 1. The summed E-state index contributed by atoms with van der Waals surface area (Å²) in [5.41, 5.74) is 3.37. The van der Waals surface area contributed by atoms with Gasteiger partial charge in [-0.2, -0.15) is 0 Å². The average Bonchev–Trinajstić information content (AvgIpc) is 2.93. The van der Waals surface area contributed by atoms with Crippen LogP contribution in [0.1, 0.15) is 21.5 Å². The SMILES string of the molecule is COc1ccc(NC(=O)c2ccc(CN(c3ccc(C)cc3)S(=O)(=O)c3ccc(OC)c(Br)c3)cc2)cc1. The molecule has 0 saturated carbocycles. The summed E-state index contributed by atoms with van der Waals surface area (Å²) in [6, 6.07) is 25.9. The Morgan fingerprint density at radius 1 is 0.868 bits per heavy atom. The summed E-state index contributed by atoms with van der Waals surface area (Å²) in [7, 11) is -0.826. The van der Waals surface area contributed by atoms with E-state index >= 15 is 0 Å². The van der Waals surface area contributed by atoms with Crippen LogP contribution in [0.25, 0.3) is 0 Å². The van der Waals surface area contributed by atoms with Gasteiger partial charge in [-0.1, -0.05) is 29.8 Å². The number of carbonyl (C=O) groups excluding carboxylic acids is 1. The van der Waals surface area contributed by atoms with E-state index in [1.165, 1.54) is 23.5 Å². The van der Waals surface area contributed by atoms with Crippen LogP contribution in [0.15, 0.2) is 100 Å². The van der Waals surface area contributed by atoms with Gasteiger partial charge in [-0.15, -0.1) is 0 Å². The quantitative estimate of drug-likeness (QED) is 0.241. The summed E-state index contributed by atoms with van der Waals surface area (Å²) in [4.78, 5) is 12.8. The van der Waals surface area contributed by atoms with Crippen molar-refractivity contribution in [1.29, 1.82) is 0 Å². The lowest BCUT2D eigenvalue weighted by Gasteiger charge is -2.25. The largest absolute Gasteiger partial charge is 0.497 e. The molecule has 0 fully saturated rings. The lowest BCUT2D eigenvalue weighted by atomic mass is 10.1. The van der Waals surface area contributed by atoms with E-state index in [-0.39, 0.29) is 17.3 Å². The van der Waals surface area contributed by atoms with Crippen molar-refractivity contribution in [3.8, 4) is 11.5 Å². The van der Waals surface area contributed by atoms with Gasteiger partial charge >= 0.3 is 0 Å². The van der Waals surface area contributed by atoms with E-state index in [1.807, 2.05) is 19.1 Å². The highest BCUT2D eigenvalue weighted by atomic mass is 79.9. The Hall–Kier alpha value is -3.82. The number of hydrogen-bond acceptors (Lipinski definition) is 5. The molecule has 0 saturated heterocycles. The fourth-order valence-corrected chi connectivity index (χ4v) is 5.94. The highest BCUT2D eigenvalue weighted by Crippen LogP contribution is 2.32. The van der Waals surface area contributed by atoms with Gasteiger partial charge in [0.05, 0.1) is 35.8 Å². The Kier molecular flexibility index (Phi) is 8.38. The Labute approximate surface area is 231 Å². The molecule has 4 rings (SSSR count). The first-order valence-electron chi connectivity index (χ1n) is 11.7. The Morgan fingerprint density at radius 3 is 2.11 bits per heavy atom. The average molecular weight is 596 g/mol. The zero-order valence-corrected chi connectivity index (χ0v) is 23.5. The molecule has 0 unspecified atom stereocenters. The molecule has 0 aromatic heterocycles. The molecular weight excluding hydrogens is 568 g/mol. The van der Waals surface area contributed by atoms with Crippen molar-refractivity contribution < 1.29 is 22.7 Å². The van der Waals surface area contributed by atoms with Crippen molar-refractivity contribution in [3.63, 3.8) is 0 Å². The van der Waals surface area contributed by atoms with Gasteiger partial charge in [0.15, 0.2) is 0 Å². The molecule has 196 valence electrons. The second kappa shape index (κ2) is 11.7. The van der Waals surface area contributed by atoms with Crippen LogP contribution in [0.4, 0.5) is 11.4 Å². The molecule has 0 spiro atoms. The lowest BCUT2D eigenvalue weighted by molar-refractivity contribution is 0.102. The third-order valence-electron chi connectivity index (χ3n) is 5.92. The van der Waals surface area contributed by atoms with Gasteiger partial charge in [0, 0.05) is 11.3 Å². The van der Waals surface area contributed by atoms with Crippen molar-refractivity contribution >= 4 is 43.2 Å². The summed E-state index contributed by atoms with van der Waals surface area (Å²) < 4.78 is 39.9. The lowest BCUT2D eigenvalue weighted by Crippen LogP contribution is -2.30. The molecule has 0 aliphatic rings. The summed E-state index contributed by atoms with van der Waals surface area (Å²) in [5.74, 6) is 0.963. The molecule has 0 atom stereocenters. The molecule has 0 aliphatic carbocycles. The number of amides is 1. The van der Waals surface area contributed by atoms with Gasteiger partial charge in [0.25, 0.3) is 15.9 Å². The molecule has 1 N–H and O–H groups in total. The van der Waals surface area contributed by atoms with Crippen LogP contribution in [0, 0.1) is 6.92 Å². The monoisotopic (exact) mass is 594 g/mol. The predicted molar refractivity (Wildman–Crippen MR) is 153 cm³/mol. The van der Waals surface area contributed by atoms with Crippen molar-refractivity contribution in [3.05, 3.63) is 112 Å². The van der Waals surface area contributed by atoms with E-state index < -0.39 is 10.0 Å². The van der Waals surface area contributed by atoms with E-state index in [4.69, 9.17) is 9.47 Å². The topological polar surface area (TPSA) is 84.9 Å². The molecule has 0 radical (unpaired) electrons. The number of nitrogens with zero attached hydrogens (tertiary/aromatic N) is 1. The van der Waals surface area contributed by atoms with Gasteiger partial charge in [-0.3, -0.25) is 9.10 Å². The standard InChI is InChI=1S/C29H27BrN2O5S/c1-20-4-12-24(13-5-20)32(38(34,35)26-16-17-28(37-3)27(30)18-26)19-21-6-8-22(9-7-21)29(33)31-23-10-14-25(36-2)15-11-23/h4-18H,19H2,1-3H3,(H,31,33). The Morgan fingerprint density at radius 2 is 1.53 bits per heavy atom. The van der Waals surface area contributed by atoms with Crippen molar-refractivity contribution in [1.82, 2.24) is 0 Å². The molecule has 0 bridgehead atoms. The number of ether oxygens (including phenoxy) is 2. The van der Waals surface area contributed by atoms with Gasteiger partial charge in [0.2, 0.25) is 0 Å². The number of hydrogen-bond donors (Lipinski definition) is 1. The van der Waals surface area contributed by atoms with Crippen LogP contribution in [-0.2, 0) is 16.6 Å². The number of aryl methyl sites for hydroxylation is 1.